The fourth-order valence-electron chi connectivity index (χ4n) is 3.54. The molecule has 3 nitrogen and oxygen atoms in total. The number of benzene rings is 1. The fraction of sp³-hybridized carbons (Fsp3) is 0.588. The minimum atomic E-state index is 0.298. The molecule has 0 aliphatic carbocycles. The van der Waals surface area contributed by atoms with E-state index >= 15 is 0 Å². The van der Waals surface area contributed by atoms with E-state index in [1.807, 2.05) is 0 Å². The smallest absolute Gasteiger partial charge is 0.223 e. The van der Waals surface area contributed by atoms with E-state index in [1.165, 1.54) is 12.0 Å². The molecule has 1 aromatic rings. The molecule has 1 aromatic carbocycles. The number of hydrogen-bond donors (Lipinski definition) is 0. The van der Waals surface area contributed by atoms with Gasteiger partial charge in [-0.05, 0) is 30.9 Å². The molecular weight excluding hydrogens is 284 g/mol. The van der Waals surface area contributed by atoms with E-state index in [0.717, 1.165) is 32.6 Å². The Morgan fingerprint density at radius 3 is 2.71 bits per heavy atom. The minimum Gasteiger partial charge on any atom is -0.338 e. The lowest BCUT2D eigenvalue weighted by atomic mass is 10.0. The van der Waals surface area contributed by atoms with Gasteiger partial charge >= 0.3 is 0 Å². The van der Waals surface area contributed by atoms with Crippen LogP contribution in [0.4, 0.5) is 0 Å². The third kappa shape index (κ3) is 3.58. The van der Waals surface area contributed by atoms with Crippen LogP contribution in [0.15, 0.2) is 30.3 Å². The van der Waals surface area contributed by atoms with Crippen LogP contribution in [0.1, 0.15) is 24.8 Å². The first-order chi connectivity index (χ1) is 10.3. The second kappa shape index (κ2) is 6.80. The Kier molecular flexibility index (Phi) is 4.81. The molecule has 2 aliphatic heterocycles. The Morgan fingerprint density at radius 2 is 2.00 bits per heavy atom. The molecule has 2 heterocycles. The third-order valence-corrected chi connectivity index (χ3v) is 5.06. The van der Waals surface area contributed by atoms with Gasteiger partial charge in [0.25, 0.3) is 0 Å². The Bertz CT molecular complexity index is 479. The van der Waals surface area contributed by atoms with Gasteiger partial charge in [-0.25, -0.2) is 0 Å². The second-order valence-electron chi connectivity index (χ2n) is 6.29. The minimum absolute atomic E-state index is 0.298. The van der Waals surface area contributed by atoms with Crippen LogP contribution in [-0.2, 0) is 11.3 Å². The molecule has 2 aliphatic rings. The maximum Gasteiger partial charge on any atom is 0.223 e. The summed E-state index contributed by atoms with van der Waals surface area (Å²) >= 11 is 5.92. The van der Waals surface area contributed by atoms with E-state index in [0.29, 0.717) is 30.2 Å². The number of halogens is 1. The van der Waals surface area contributed by atoms with Gasteiger partial charge in [-0.15, -0.1) is 11.6 Å². The fourth-order valence-corrected chi connectivity index (χ4v) is 3.74. The van der Waals surface area contributed by atoms with Crippen LogP contribution < -0.4 is 0 Å². The molecule has 0 radical (unpaired) electrons. The van der Waals surface area contributed by atoms with Gasteiger partial charge in [0, 0.05) is 38.0 Å². The normalized spacial score (nSPS) is 27.3. The summed E-state index contributed by atoms with van der Waals surface area (Å²) in [4.78, 5) is 16.7. The SMILES string of the molecule is O=C1CC(CCl)CN1C1CCCN(Cc2ccccc2)C1. The second-order valence-corrected chi connectivity index (χ2v) is 6.60. The topological polar surface area (TPSA) is 23.6 Å². The maximum atomic E-state index is 12.2. The lowest BCUT2D eigenvalue weighted by Gasteiger charge is -2.37. The van der Waals surface area contributed by atoms with Crippen molar-refractivity contribution in [3.05, 3.63) is 35.9 Å². The van der Waals surface area contributed by atoms with Crippen LogP contribution in [0.5, 0.6) is 0 Å². The molecule has 3 rings (SSSR count). The summed E-state index contributed by atoms with van der Waals surface area (Å²) in [6.45, 7) is 3.96. The molecule has 114 valence electrons. The largest absolute Gasteiger partial charge is 0.338 e. The summed E-state index contributed by atoms with van der Waals surface area (Å²) < 4.78 is 0. The summed E-state index contributed by atoms with van der Waals surface area (Å²) in [5, 5.41) is 0. The van der Waals surface area contributed by atoms with Crippen molar-refractivity contribution in [2.75, 3.05) is 25.5 Å². The van der Waals surface area contributed by atoms with Crippen LogP contribution in [0.3, 0.4) is 0 Å². The van der Waals surface area contributed by atoms with Crippen molar-refractivity contribution in [1.82, 2.24) is 9.80 Å². The zero-order valence-electron chi connectivity index (χ0n) is 12.4. The van der Waals surface area contributed by atoms with Crippen molar-refractivity contribution in [2.45, 2.75) is 31.8 Å². The standard InChI is InChI=1S/C17H23ClN2O/c18-10-15-9-17(21)20(12-15)16-7-4-8-19(13-16)11-14-5-2-1-3-6-14/h1-3,5-6,15-16H,4,7-13H2. The van der Waals surface area contributed by atoms with Gasteiger partial charge in [0.05, 0.1) is 0 Å². The van der Waals surface area contributed by atoms with Crippen LogP contribution in [0, 0.1) is 5.92 Å². The molecule has 1 amide bonds. The van der Waals surface area contributed by atoms with Crippen LogP contribution >= 0.6 is 11.6 Å². The van der Waals surface area contributed by atoms with Gasteiger partial charge < -0.3 is 4.90 Å². The van der Waals surface area contributed by atoms with Gasteiger partial charge in [-0.1, -0.05) is 30.3 Å². The number of amides is 1. The molecule has 21 heavy (non-hydrogen) atoms. The highest BCUT2D eigenvalue weighted by Gasteiger charge is 2.35. The van der Waals surface area contributed by atoms with Crippen molar-refractivity contribution in [3.8, 4) is 0 Å². The average molecular weight is 307 g/mol. The number of alkyl halides is 1. The first-order valence-electron chi connectivity index (χ1n) is 7.88. The molecule has 0 spiro atoms. The number of carbonyl (C=O) groups is 1. The van der Waals surface area contributed by atoms with E-state index in [2.05, 4.69) is 40.1 Å². The summed E-state index contributed by atoms with van der Waals surface area (Å²) in [5.41, 5.74) is 1.35. The van der Waals surface area contributed by atoms with E-state index in [4.69, 9.17) is 11.6 Å². The Morgan fingerprint density at radius 1 is 1.19 bits per heavy atom. The molecule has 2 unspecified atom stereocenters. The van der Waals surface area contributed by atoms with E-state index in [-0.39, 0.29) is 0 Å². The number of likely N-dealkylation sites (tertiary alicyclic amines) is 2. The molecule has 2 fully saturated rings. The highest BCUT2D eigenvalue weighted by atomic mass is 35.5. The third-order valence-electron chi connectivity index (χ3n) is 4.63. The Balaban J connectivity index is 1.59. The van der Waals surface area contributed by atoms with Crippen molar-refractivity contribution >= 4 is 17.5 Å². The molecule has 0 aromatic heterocycles. The first-order valence-corrected chi connectivity index (χ1v) is 8.41. The van der Waals surface area contributed by atoms with E-state index in [1.54, 1.807) is 0 Å². The highest BCUT2D eigenvalue weighted by molar-refractivity contribution is 6.18. The summed E-state index contributed by atoms with van der Waals surface area (Å²) in [7, 11) is 0. The number of hydrogen-bond acceptors (Lipinski definition) is 2. The van der Waals surface area contributed by atoms with Crippen molar-refractivity contribution in [1.29, 1.82) is 0 Å². The molecule has 4 heteroatoms. The molecule has 0 saturated carbocycles. The molecule has 0 N–H and O–H groups in total. The van der Waals surface area contributed by atoms with Crippen LogP contribution in [0.2, 0.25) is 0 Å². The monoisotopic (exact) mass is 306 g/mol. The predicted octanol–water partition coefficient (Wildman–Crippen LogP) is 2.74. The first kappa shape index (κ1) is 14.9. The van der Waals surface area contributed by atoms with Gasteiger partial charge in [-0.2, -0.15) is 0 Å². The van der Waals surface area contributed by atoms with Gasteiger partial charge in [0.15, 0.2) is 0 Å². The van der Waals surface area contributed by atoms with Gasteiger partial charge in [0.2, 0.25) is 5.91 Å². The van der Waals surface area contributed by atoms with Crippen molar-refractivity contribution in [2.24, 2.45) is 5.92 Å². The van der Waals surface area contributed by atoms with E-state index < -0.39 is 0 Å². The molecule has 0 bridgehead atoms. The molecule has 2 atom stereocenters. The number of nitrogens with zero attached hydrogens (tertiary/aromatic N) is 2. The van der Waals surface area contributed by atoms with Crippen LogP contribution in [0.25, 0.3) is 0 Å². The highest BCUT2D eigenvalue weighted by Crippen LogP contribution is 2.26. The Labute approximate surface area is 131 Å². The van der Waals surface area contributed by atoms with Gasteiger partial charge in [-0.3, -0.25) is 9.69 Å². The number of rotatable bonds is 4. The summed E-state index contributed by atoms with van der Waals surface area (Å²) in [6.07, 6.45) is 2.94. The lowest BCUT2D eigenvalue weighted by molar-refractivity contribution is -0.130. The maximum absolute atomic E-state index is 12.2. The zero-order chi connectivity index (χ0) is 14.7. The average Bonchev–Trinajstić information content (AvgIpc) is 2.90. The predicted molar refractivity (Wildman–Crippen MR) is 85.3 cm³/mol. The van der Waals surface area contributed by atoms with Crippen LogP contribution in [-0.4, -0.2) is 47.3 Å². The quantitative estimate of drug-likeness (QED) is 0.799. The zero-order valence-corrected chi connectivity index (χ0v) is 13.1. The van der Waals surface area contributed by atoms with Crippen molar-refractivity contribution < 1.29 is 4.79 Å². The summed E-state index contributed by atoms with van der Waals surface area (Å²) in [5.74, 6) is 1.25. The van der Waals surface area contributed by atoms with Crippen molar-refractivity contribution in [3.63, 3.8) is 0 Å². The van der Waals surface area contributed by atoms with Gasteiger partial charge in [0.1, 0.15) is 0 Å². The Hall–Kier alpha value is -1.06. The van der Waals surface area contributed by atoms with E-state index in [9.17, 15) is 4.79 Å². The number of carbonyl (C=O) groups excluding carboxylic acids is 1. The number of piperidine rings is 1. The molecular formula is C17H23ClN2O. The lowest BCUT2D eigenvalue weighted by Crippen LogP contribution is -2.48. The summed E-state index contributed by atoms with van der Waals surface area (Å²) in [6, 6.07) is 11.0. The molecule has 2 saturated heterocycles.